The number of piperidine rings is 1. The van der Waals surface area contributed by atoms with Crippen LogP contribution in [0.4, 0.5) is 8.78 Å². The molecule has 0 radical (unpaired) electrons. The number of hydrogen-bond acceptors (Lipinski definition) is 3. The predicted molar refractivity (Wildman–Crippen MR) is 62.7 cm³/mol. The van der Waals surface area contributed by atoms with Crippen LogP contribution in [0.3, 0.4) is 0 Å². The van der Waals surface area contributed by atoms with E-state index in [1.165, 1.54) is 9.24 Å². The fourth-order valence-electron chi connectivity index (χ4n) is 1.47. The minimum absolute atomic E-state index is 0.0311. The van der Waals surface area contributed by atoms with Crippen LogP contribution in [0.2, 0.25) is 0 Å². The standard InChI is InChI=1S/C7H16F2N3P.C2H6/c1-3-4(10)2-5(7(8,9)13)12-6(3)11;1-2/h3-6,12H,2,10-11,13H2,1H3;1-2H3. The van der Waals surface area contributed by atoms with Crippen molar-refractivity contribution in [1.82, 2.24) is 5.32 Å². The van der Waals surface area contributed by atoms with E-state index in [9.17, 15) is 8.78 Å². The van der Waals surface area contributed by atoms with Gasteiger partial charge in [-0.05, 0) is 12.3 Å². The number of rotatable bonds is 1. The smallest absolute Gasteiger partial charge is 0.273 e. The zero-order valence-electron chi connectivity index (χ0n) is 9.50. The van der Waals surface area contributed by atoms with Crippen LogP contribution < -0.4 is 16.8 Å². The third-order valence-corrected chi connectivity index (χ3v) is 3.01. The Morgan fingerprint density at radius 2 is 1.80 bits per heavy atom. The lowest BCUT2D eigenvalue weighted by molar-refractivity contribution is 0.0235. The summed E-state index contributed by atoms with van der Waals surface area (Å²) in [7, 11) is 1.52. The van der Waals surface area contributed by atoms with E-state index in [0.717, 1.165) is 0 Å². The predicted octanol–water partition coefficient (Wildman–Crippen LogP) is 1.09. The Labute approximate surface area is 92.5 Å². The average Bonchev–Trinajstić information content (AvgIpc) is 2.15. The van der Waals surface area contributed by atoms with Crippen LogP contribution in [0.5, 0.6) is 0 Å². The fourth-order valence-corrected chi connectivity index (χ4v) is 1.71. The van der Waals surface area contributed by atoms with Crippen molar-refractivity contribution in [1.29, 1.82) is 0 Å². The third-order valence-electron chi connectivity index (χ3n) is 2.61. The molecule has 0 aliphatic carbocycles. The summed E-state index contributed by atoms with van der Waals surface area (Å²) in [5, 5.41) is 2.66. The Morgan fingerprint density at radius 1 is 1.33 bits per heavy atom. The zero-order chi connectivity index (χ0) is 12.2. The van der Waals surface area contributed by atoms with E-state index in [-0.39, 0.29) is 18.4 Å². The number of nitrogens with one attached hydrogen (secondary N) is 1. The van der Waals surface area contributed by atoms with Crippen molar-refractivity contribution < 1.29 is 8.78 Å². The molecule has 6 heteroatoms. The fraction of sp³-hybridized carbons (Fsp3) is 1.00. The zero-order valence-corrected chi connectivity index (χ0v) is 10.7. The lowest BCUT2D eigenvalue weighted by Gasteiger charge is -2.40. The van der Waals surface area contributed by atoms with E-state index in [4.69, 9.17) is 11.5 Å². The minimum Gasteiger partial charge on any atom is -0.327 e. The summed E-state index contributed by atoms with van der Waals surface area (Å²) >= 11 is 0. The Kier molecular flexibility index (Phi) is 6.11. The second kappa shape index (κ2) is 6.04. The summed E-state index contributed by atoms with van der Waals surface area (Å²) in [5.74, 6) is 0.0311. The van der Waals surface area contributed by atoms with Crippen molar-refractivity contribution >= 4 is 9.24 Å². The maximum Gasteiger partial charge on any atom is 0.273 e. The van der Waals surface area contributed by atoms with Gasteiger partial charge in [0, 0.05) is 6.04 Å². The van der Waals surface area contributed by atoms with Crippen molar-refractivity contribution in [3.8, 4) is 0 Å². The molecule has 0 aromatic heterocycles. The van der Waals surface area contributed by atoms with Gasteiger partial charge in [-0.3, -0.25) is 5.32 Å². The number of hydrogen-bond donors (Lipinski definition) is 3. The Morgan fingerprint density at radius 3 is 2.13 bits per heavy atom. The van der Waals surface area contributed by atoms with Gasteiger partial charge in [-0.2, -0.15) is 0 Å². The maximum atomic E-state index is 12.9. The van der Waals surface area contributed by atoms with Crippen molar-refractivity contribution in [3.63, 3.8) is 0 Å². The molecule has 5 atom stereocenters. The lowest BCUT2D eigenvalue weighted by Crippen LogP contribution is -2.62. The van der Waals surface area contributed by atoms with E-state index in [0.29, 0.717) is 0 Å². The van der Waals surface area contributed by atoms with Crippen molar-refractivity contribution in [2.45, 2.75) is 51.1 Å². The molecular formula is C9H22F2N3P. The van der Waals surface area contributed by atoms with Gasteiger partial charge in [0.1, 0.15) is 0 Å². The van der Waals surface area contributed by atoms with Gasteiger partial charge in [0.05, 0.1) is 12.2 Å². The van der Waals surface area contributed by atoms with Gasteiger partial charge < -0.3 is 11.5 Å². The molecule has 1 saturated heterocycles. The molecule has 0 bridgehead atoms. The summed E-state index contributed by atoms with van der Waals surface area (Å²) in [6, 6.07) is -1.19. The van der Waals surface area contributed by atoms with Gasteiger partial charge in [-0.1, -0.05) is 30.0 Å². The van der Waals surface area contributed by atoms with Gasteiger partial charge in [0.2, 0.25) is 0 Å². The van der Waals surface area contributed by atoms with Crippen LogP contribution in [0, 0.1) is 5.92 Å². The molecule has 0 spiro atoms. The SMILES string of the molecule is CC.CC1C(N)CC(C(F)(F)P)NC1N. The van der Waals surface area contributed by atoms with Crippen LogP contribution in [-0.4, -0.2) is 23.9 Å². The van der Waals surface area contributed by atoms with Crippen molar-refractivity contribution in [2.24, 2.45) is 17.4 Å². The summed E-state index contributed by atoms with van der Waals surface area (Å²) in [6.45, 7) is 5.86. The molecule has 5 N–H and O–H groups in total. The molecule has 3 nitrogen and oxygen atoms in total. The highest BCUT2D eigenvalue weighted by atomic mass is 31.0. The number of nitrogens with two attached hydrogens (primary N) is 2. The van der Waals surface area contributed by atoms with Gasteiger partial charge in [0.15, 0.2) is 0 Å². The van der Waals surface area contributed by atoms with Crippen LogP contribution in [0.15, 0.2) is 0 Å². The minimum atomic E-state index is -2.84. The van der Waals surface area contributed by atoms with Crippen LogP contribution in [0.25, 0.3) is 0 Å². The molecule has 5 unspecified atom stereocenters. The summed E-state index contributed by atoms with van der Waals surface area (Å²) in [4.78, 5) is 0. The molecular weight excluding hydrogens is 219 g/mol. The summed E-state index contributed by atoms with van der Waals surface area (Å²) < 4.78 is 25.7. The van der Waals surface area contributed by atoms with Crippen molar-refractivity contribution in [2.75, 3.05) is 0 Å². The Hall–Kier alpha value is 0.170. The first-order valence-electron chi connectivity index (χ1n) is 5.26. The van der Waals surface area contributed by atoms with Gasteiger partial charge in [-0.25, -0.2) is 8.78 Å². The number of alkyl halides is 2. The van der Waals surface area contributed by atoms with Gasteiger partial charge >= 0.3 is 0 Å². The van der Waals surface area contributed by atoms with E-state index < -0.39 is 17.9 Å². The Balaban J connectivity index is 0.000000921. The van der Waals surface area contributed by atoms with Crippen molar-refractivity contribution in [3.05, 3.63) is 0 Å². The molecule has 0 saturated carbocycles. The lowest BCUT2D eigenvalue weighted by atomic mass is 9.89. The second-order valence-electron chi connectivity index (χ2n) is 3.68. The molecule has 1 heterocycles. The van der Waals surface area contributed by atoms with E-state index in [1.54, 1.807) is 0 Å². The molecule has 0 aromatic rings. The van der Waals surface area contributed by atoms with Gasteiger partial charge in [0.25, 0.3) is 5.66 Å². The molecule has 0 amide bonds. The van der Waals surface area contributed by atoms with Crippen LogP contribution in [-0.2, 0) is 0 Å². The molecule has 1 fully saturated rings. The first kappa shape index (κ1) is 15.2. The first-order valence-corrected chi connectivity index (χ1v) is 5.84. The van der Waals surface area contributed by atoms with E-state index in [1.807, 2.05) is 20.8 Å². The first-order chi connectivity index (χ1) is 6.82. The Bertz CT molecular complexity index is 175. The molecule has 0 aromatic carbocycles. The largest absolute Gasteiger partial charge is 0.327 e. The summed E-state index contributed by atoms with van der Waals surface area (Å²) in [6.07, 6.45) is -0.189. The van der Waals surface area contributed by atoms with E-state index in [2.05, 4.69) is 5.32 Å². The molecule has 15 heavy (non-hydrogen) atoms. The normalized spacial score (nSPS) is 36.8. The molecule has 1 rings (SSSR count). The maximum absolute atomic E-state index is 12.9. The summed E-state index contributed by atoms with van der Waals surface area (Å²) in [5.41, 5.74) is 8.48. The van der Waals surface area contributed by atoms with Gasteiger partial charge in [-0.15, -0.1) is 0 Å². The molecule has 1 aliphatic rings. The quantitative estimate of drug-likeness (QED) is 0.602. The number of halogens is 2. The highest BCUT2D eigenvalue weighted by Crippen LogP contribution is 2.32. The third kappa shape index (κ3) is 4.27. The second-order valence-corrected chi connectivity index (χ2v) is 4.45. The van der Waals surface area contributed by atoms with E-state index >= 15 is 0 Å². The highest BCUT2D eigenvalue weighted by molar-refractivity contribution is 7.18. The molecule has 92 valence electrons. The average molecular weight is 241 g/mol. The topological polar surface area (TPSA) is 64.1 Å². The molecule has 1 aliphatic heterocycles. The monoisotopic (exact) mass is 241 g/mol. The van der Waals surface area contributed by atoms with Crippen LogP contribution in [0.1, 0.15) is 27.2 Å². The highest BCUT2D eigenvalue weighted by Gasteiger charge is 2.41. The van der Waals surface area contributed by atoms with Crippen LogP contribution >= 0.6 is 9.24 Å².